The van der Waals surface area contributed by atoms with Crippen LogP contribution in [0.4, 0.5) is 4.39 Å². The number of pyridine rings is 1. The van der Waals surface area contributed by atoms with Crippen molar-refractivity contribution in [3.05, 3.63) is 66.1 Å². The summed E-state index contributed by atoms with van der Waals surface area (Å²) in [6, 6.07) is 13.6. The number of nitrogens with zero attached hydrogens (tertiary/aromatic N) is 1. The number of benzene rings is 2. The molecule has 0 radical (unpaired) electrons. The highest BCUT2D eigenvalue weighted by molar-refractivity contribution is 5.91. The van der Waals surface area contributed by atoms with Crippen molar-refractivity contribution in [2.75, 3.05) is 0 Å². The fourth-order valence-electron chi connectivity index (χ4n) is 2.12. The smallest absolute Gasteiger partial charge is 0.150 e. The molecule has 92 valence electrons. The van der Waals surface area contributed by atoms with E-state index in [0.717, 1.165) is 22.8 Å². The maximum Gasteiger partial charge on any atom is 0.150 e. The molecule has 0 saturated carbocycles. The maximum absolute atomic E-state index is 13.4. The van der Waals surface area contributed by atoms with E-state index in [1.165, 1.54) is 18.2 Å². The molecule has 0 aliphatic rings. The van der Waals surface area contributed by atoms with Crippen LogP contribution in [0, 0.1) is 5.82 Å². The van der Waals surface area contributed by atoms with Crippen LogP contribution in [0.5, 0.6) is 0 Å². The normalized spacial score (nSPS) is 10.6. The molecule has 0 aliphatic carbocycles. The summed E-state index contributed by atoms with van der Waals surface area (Å²) in [6.07, 6.45) is 2.44. The first-order valence-corrected chi connectivity index (χ1v) is 5.88. The number of carbonyl (C=O) groups is 1. The number of hydrogen-bond donors (Lipinski definition) is 0. The van der Waals surface area contributed by atoms with Gasteiger partial charge in [0.2, 0.25) is 0 Å². The fraction of sp³-hybridized carbons (Fsp3) is 0. The van der Waals surface area contributed by atoms with Crippen LogP contribution in [-0.4, -0.2) is 11.3 Å². The van der Waals surface area contributed by atoms with E-state index in [2.05, 4.69) is 4.98 Å². The molecule has 19 heavy (non-hydrogen) atoms. The summed E-state index contributed by atoms with van der Waals surface area (Å²) in [6.45, 7) is 0. The van der Waals surface area contributed by atoms with Crippen LogP contribution in [0.1, 0.15) is 10.4 Å². The van der Waals surface area contributed by atoms with Crippen LogP contribution >= 0.6 is 0 Å². The van der Waals surface area contributed by atoms with E-state index < -0.39 is 0 Å². The van der Waals surface area contributed by atoms with Gasteiger partial charge in [0, 0.05) is 17.1 Å². The van der Waals surface area contributed by atoms with Gasteiger partial charge in [-0.3, -0.25) is 9.78 Å². The summed E-state index contributed by atoms with van der Waals surface area (Å²) < 4.78 is 13.4. The van der Waals surface area contributed by atoms with Crippen LogP contribution in [0.25, 0.3) is 22.0 Å². The van der Waals surface area contributed by atoms with Crippen LogP contribution in [0.2, 0.25) is 0 Å². The van der Waals surface area contributed by atoms with Gasteiger partial charge in [-0.15, -0.1) is 0 Å². The minimum absolute atomic E-state index is 0.360. The summed E-state index contributed by atoms with van der Waals surface area (Å²) >= 11 is 0. The minimum Gasteiger partial charge on any atom is -0.298 e. The molecule has 0 spiro atoms. The molecule has 0 bridgehead atoms. The summed E-state index contributed by atoms with van der Waals surface area (Å²) in [5.41, 5.74) is 2.66. The van der Waals surface area contributed by atoms with E-state index in [0.29, 0.717) is 11.1 Å². The van der Waals surface area contributed by atoms with E-state index in [1.54, 1.807) is 6.20 Å². The Morgan fingerprint density at radius 3 is 2.79 bits per heavy atom. The highest BCUT2D eigenvalue weighted by atomic mass is 19.1. The molecule has 1 heterocycles. The standard InChI is InChI=1S/C16H10FNO/c17-14-6-5-13(10-19)15(9-14)12-4-3-11-2-1-7-18-16(11)8-12/h1-10H. The van der Waals surface area contributed by atoms with E-state index >= 15 is 0 Å². The molecule has 3 aromatic rings. The van der Waals surface area contributed by atoms with E-state index in [4.69, 9.17) is 0 Å². The number of fused-ring (bicyclic) bond motifs is 1. The molecule has 0 unspecified atom stereocenters. The van der Waals surface area contributed by atoms with Crippen molar-refractivity contribution in [3.8, 4) is 11.1 Å². The second kappa shape index (κ2) is 4.61. The zero-order valence-electron chi connectivity index (χ0n) is 10.0. The summed E-state index contributed by atoms with van der Waals surface area (Å²) in [4.78, 5) is 15.3. The minimum atomic E-state index is -0.360. The Hall–Kier alpha value is -2.55. The molecule has 0 saturated heterocycles. The highest BCUT2D eigenvalue weighted by Crippen LogP contribution is 2.26. The predicted octanol–water partition coefficient (Wildman–Crippen LogP) is 3.85. The third-order valence-corrected chi connectivity index (χ3v) is 3.06. The zero-order chi connectivity index (χ0) is 13.2. The molecule has 0 atom stereocenters. The summed E-state index contributed by atoms with van der Waals surface area (Å²) in [5, 5.41) is 1.01. The van der Waals surface area contributed by atoms with Crippen molar-refractivity contribution in [2.45, 2.75) is 0 Å². The molecule has 1 aromatic heterocycles. The first-order chi connectivity index (χ1) is 9.28. The predicted molar refractivity (Wildman–Crippen MR) is 72.5 cm³/mol. The van der Waals surface area contributed by atoms with Crippen molar-refractivity contribution < 1.29 is 9.18 Å². The van der Waals surface area contributed by atoms with Crippen LogP contribution in [-0.2, 0) is 0 Å². The number of hydrogen-bond acceptors (Lipinski definition) is 2. The van der Waals surface area contributed by atoms with Gasteiger partial charge in [0.05, 0.1) is 5.52 Å². The van der Waals surface area contributed by atoms with Crippen molar-refractivity contribution >= 4 is 17.2 Å². The van der Waals surface area contributed by atoms with E-state index in [9.17, 15) is 9.18 Å². The van der Waals surface area contributed by atoms with Crippen LogP contribution in [0.15, 0.2) is 54.7 Å². The van der Waals surface area contributed by atoms with E-state index in [1.807, 2.05) is 30.3 Å². The van der Waals surface area contributed by atoms with Crippen LogP contribution < -0.4 is 0 Å². The van der Waals surface area contributed by atoms with Gasteiger partial charge in [-0.25, -0.2) is 4.39 Å². The van der Waals surface area contributed by atoms with E-state index in [-0.39, 0.29) is 5.82 Å². The number of rotatable bonds is 2. The van der Waals surface area contributed by atoms with Crippen molar-refractivity contribution in [1.29, 1.82) is 0 Å². The second-order valence-corrected chi connectivity index (χ2v) is 4.26. The Bertz CT molecular complexity index is 768. The largest absolute Gasteiger partial charge is 0.298 e. The molecule has 3 rings (SSSR count). The SMILES string of the molecule is O=Cc1ccc(F)cc1-c1ccc2cccnc2c1. The second-order valence-electron chi connectivity index (χ2n) is 4.26. The van der Waals surface area contributed by atoms with Crippen molar-refractivity contribution in [1.82, 2.24) is 4.98 Å². The molecule has 0 aliphatic heterocycles. The van der Waals surface area contributed by atoms with Gasteiger partial charge in [-0.1, -0.05) is 18.2 Å². The molecule has 2 aromatic carbocycles. The number of carbonyl (C=O) groups excluding carboxylic acids is 1. The Labute approximate surface area is 109 Å². The lowest BCUT2D eigenvalue weighted by Crippen LogP contribution is -1.90. The van der Waals surface area contributed by atoms with Gasteiger partial charge in [0.25, 0.3) is 0 Å². The number of halogens is 1. The first kappa shape index (κ1) is 11.5. The maximum atomic E-state index is 13.4. The first-order valence-electron chi connectivity index (χ1n) is 5.88. The fourth-order valence-corrected chi connectivity index (χ4v) is 2.12. The molecule has 0 amide bonds. The van der Waals surface area contributed by atoms with Crippen molar-refractivity contribution in [2.24, 2.45) is 0 Å². The molecule has 3 heteroatoms. The Kier molecular flexibility index (Phi) is 2.80. The monoisotopic (exact) mass is 251 g/mol. The zero-order valence-corrected chi connectivity index (χ0v) is 10.0. The lowest BCUT2D eigenvalue weighted by Gasteiger charge is -2.06. The average Bonchev–Trinajstić information content (AvgIpc) is 2.46. The average molecular weight is 251 g/mol. The summed E-state index contributed by atoms with van der Waals surface area (Å²) in [7, 11) is 0. The lowest BCUT2D eigenvalue weighted by molar-refractivity contribution is 0.112. The Morgan fingerprint density at radius 1 is 1.05 bits per heavy atom. The molecular weight excluding hydrogens is 241 g/mol. The highest BCUT2D eigenvalue weighted by Gasteiger charge is 2.07. The van der Waals surface area contributed by atoms with Gasteiger partial charge in [-0.2, -0.15) is 0 Å². The van der Waals surface area contributed by atoms with Gasteiger partial charge < -0.3 is 0 Å². The van der Waals surface area contributed by atoms with Gasteiger partial charge in [-0.05, 0) is 41.5 Å². The van der Waals surface area contributed by atoms with Gasteiger partial charge in [0.15, 0.2) is 6.29 Å². The molecule has 0 fully saturated rings. The third-order valence-electron chi connectivity index (χ3n) is 3.06. The topological polar surface area (TPSA) is 30.0 Å². The van der Waals surface area contributed by atoms with Crippen LogP contribution in [0.3, 0.4) is 0 Å². The van der Waals surface area contributed by atoms with Gasteiger partial charge in [0.1, 0.15) is 5.82 Å². The quantitative estimate of drug-likeness (QED) is 0.647. The Morgan fingerprint density at radius 2 is 1.95 bits per heavy atom. The molecular formula is C16H10FNO. The number of aldehydes is 1. The third kappa shape index (κ3) is 2.10. The van der Waals surface area contributed by atoms with Crippen molar-refractivity contribution in [3.63, 3.8) is 0 Å². The Balaban J connectivity index is 2.24. The number of aromatic nitrogens is 1. The molecule has 2 nitrogen and oxygen atoms in total. The molecule has 0 N–H and O–H groups in total. The van der Waals surface area contributed by atoms with Gasteiger partial charge >= 0.3 is 0 Å². The summed E-state index contributed by atoms with van der Waals surface area (Å²) in [5.74, 6) is -0.360. The lowest BCUT2D eigenvalue weighted by atomic mass is 9.99.